The van der Waals surface area contributed by atoms with Gasteiger partial charge in [-0.25, -0.2) is 4.79 Å². The fourth-order valence-corrected chi connectivity index (χ4v) is 1.62. The molecule has 0 heterocycles. The van der Waals surface area contributed by atoms with Crippen LogP contribution in [-0.2, 0) is 14.3 Å². The lowest BCUT2D eigenvalue weighted by Crippen LogP contribution is -2.46. The van der Waals surface area contributed by atoms with Crippen LogP contribution in [-0.4, -0.2) is 37.0 Å². The predicted molar refractivity (Wildman–Crippen MR) is 83.6 cm³/mol. The highest BCUT2D eigenvalue weighted by Gasteiger charge is 2.59. The van der Waals surface area contributed by atoms with Crippen molar-refractivity contribution in [3.8, 4) is 11.5 Å². The second-order valence-corrected chi connectivity index (χ2v) is 6.34. The lowest BCUT2D eigenvalue weighted by molar-refractivity contribution is -0.313. The summed E-state index contributed by atoms with van der Waals surface area (Å²) in [6, 6.07) is 5.02. The quantitative estimate of drug-likeness (QED) is 0.374. The monoisotopic (exact) mass is 416 g/mol. The number of hydrogen-bond acceptors (Lipinski definition) is 5. The molecule has 1 aromatic carbocycles. The highest BCUT2D eigenvalue weighted by Crippen LogP contribution is 2.35. The minimum atomic E-state index is -5.80. The number of hydrogen-bond donors (Lipinski definition) is 0. The molecule has 0 saturated heterocycles. The summed E-state index contributed by atoms with van der Waals surface area (Å²) >= 11 is 0. The summed E-state index contributed by atoms with van der Waals surface area (Å²) in [5.74, 6) is -2.24. The van der Waals surface area contributed by atoms with Crippen LogP contribution in [0.5, 0.6) is 11.5 Å². The van der Waals surface area contributed by atoms with Crippen LogP contribution < -0.4 is 9.47 Å². The maximum Gasteiger partial charge on any atom is 0.434 e. The van der Waals surface area contributed by atoms with Crippen molar-refractivity contribution in [1.82, 2.24) is 0 Å². The third kappa shape index (κ3) is 6.93. The summed E-state index contributed by atoms with van der Waals surface area (Å²) in [6.45, 7) is 4.01. The first-order chi connectivity index (χ1) is 12.7. The summed E-state index contributed by atoms with van der Waals surface area (Å²) in [6.07, 6.45) is -15.3. The highest BCUT2D eigenvalue weighted by molar-refractivity contribution is 5.78. The molecular formula is C17H18F6O5. The molecule has 5 nitrogen and oxygen atoms in total. The molecule has 0 radical (unpaired) electrons. The van der Waals surface area contributed by atoms with Gasteiger partial charge in [0.15, 0.2) is 6.61 Å². The molecule has 0 aliphatic heterocycles. The lowest BCUT2D eigenvalue weighted by atomic mass is 9.91. The summed E-state index contributed by atoms with van der Waals surface area (Å²) in [4.78, 5) is 23.2. The molecule has 28 heavy (non-hydrogen) atoms. The van der Waals surface area contributed by atoms with Gasteiger partial charge in [-0.2, -0.15) is 26.3 Å². The molecule has 158 valence electrons. The first kappa shape index (κ1) is 23.6. The predicted octanol–water partition coefficient (Wildman–Crippen LogP) is 4.44. The van der Waals surface area contributed by atoms with Gasteiger partial charge in [0, 0.05) is 0 Å². The molecular weight excluding hydrogens is 398 g/mol. The number of carbonyl (C=O) groups excluding carboxylic acids is 2. The second-order valence-electron chi connectivity index (χ2n) is 6.34. The van der Waals surface area contributed by atoms with Crippen LogP contribution in [0.1, 0.15) is 27.2 Å². The SMILES string of the molecule is CCC(C)(C)C(=O)Oc1ccc(OCC(=O)OC(C(F)(F)F)C(F)(F)F)cc1. The average Bonchev–Trinajstić information content (AvgIpc) is 2.57. The van der Waals surface area contributed by atoms with E-state index in [2.05, 4.69) is 4.74 Å². The zero-order valence-corrected chi connectivity index (χ0v) is 15.1. The topological polar surface area (TPSA) is 61.8 Å². The van der Waals surface area contributed by atoms with E-state index in [1.165, 1.54) is 24.3 Å². The van der Waals surface area contributed by atoms with Crippen molar-refractivity contribution in [3.63, 3.8) is 0 Å². The van der Waals surface area contributed by atoms with E-state index in [1.807, 2.05) is 0 Å². The fourth-order valence-electron chi connectivity index (χ4n) is 1.62. The van der Waals surface area contributed by atoms with Crippen LogP contribution in [0.2, 0.25) is 0 Å². The average molecular weight is 416 g/mol. The molecule has 0 N–H and O–H groups in total. The van der Waals surface area contributed by atoms with E-state index in [1.54, 1.807) is 20.8 Å². The minimum absolute atomic E-state index is 0.0536. The molecule has 0 spiro atoms. The van der Waals surface area contributed by atoms with Gasteiger partial charge < -0.3 is 14.2 Å². The van der Waals surface area contributed by atoms with Crippen molar-refractivity contribution < 1.29 is 50.1 Å². The van der Waals surface area contributed by atoms with Gasteiger partial charge in [-0.05, 0) is 44.5 Å². The Bertz CT molecular complexity index is 665. The number of benzene rings is 1. The molecule has 0 aliphatic rings. The van der Waals surface area contributed by atoms with E-state index in [-0.39, 0.29) is 11.5 Å². The summed E-state index contributed by atoms with van der Waals surface area (Å²) in [7, 11) is 0. The van der Waals surface area contributed by atoms with Crippen LogP contribution >= 0.6 is 0 Å². The Kier molecular flexibility index (Phi) is 7.32. The van der Waals surface area contributed by atoms with E-state index in [9.17, 15) is 35.9 Å². The molecule has 0 aliphatic carbocycles. The number of ether oxygens (including phenoxy) is 3. The molecule has 1 rings (SSSR count). The van der Waals surface area contributed by atoms with Crippen molar-refractivity contribution >= 4 is 11.9 Å². The minimum Gasteiger partial charge on any atom is -0.482 e. The normalized spacial score (nSPS) is 12.6. The smallest absolute Gasteiger partial charge is 0.434 e. The Balaban J connectivity index is 2.64. The van der Waals surface area contributed by atoms with Gasteiger partial charge in [0.25, 0.3) is 6.10 Å². The number of halogens is 6. The number of esters is 2. The van der Waals surface area contributed by atoms with E-state index < -0.39 is 42.4 Å². The van der Waals surface area contributed by atoms with Gasteiger partial charge in [0.2, 0.25) is 0 Å². The Morgan fingerprint density at radius 1 is 0.929 bits per heavy atom. The van der Waals surface area contributed by atoms with Crippen molar-refractivity contribution in [3.05, 3.63) is 24.3 Å². The van der Waals surface area contributed by atoms with Gasteiger partial charge in [-0.15, -0.1) is 0 Å². The maximum atomic E-state index is 12.3. The highest BCUT2D eigenvalue weighted by atomic mass is 19.4. The van der Waals surface area contributed by atoms with Gasteiger partial charge in [0.05, 0.1) is 5.41 Å². The largest absolute Gasteiger partial charge is 0.482 e. The molecule has 11 heteroatoms. The molecule has 1 aromatic rings. The van der Waals surface area contributed by atoms with Gasteiger partial charge >= 0.3 is 24.3 Å². The van der Waals surface area contributed by atoms with E-state index in [4.69, 9.17) is 9.47 Å². The first-order valence-electron chi connectivity index (χ1n) is 7.95. The van der Waals surface area contributed by atoms with Crippen molar-refractivity contribution in [2.75, 3.05) is 6.61 Å². The molecule has 0 atom stereocenters. The Hall–Kier alpha value is -2.46. The van der Waals surface area contributed by atoms with Crippen LogP contribution in [0.4, 0.5) is 26.3 Å². The molecule has 0 aromatic heterocycles. The van der Waals surface area contributed by atoms with Gasteiger partial charge in [-0.1, -0.05) is 6.92 Å². The van der Waals surface area contributed by atoms with Crippen LogP contribution in [0.25, 0.3) is 0 Å². The number of alkyl halides is 6. The first-order valence-corrected chi connectivity index (χ1v) is 7.95. The zero-order valence-electron chi connectivity index (χ0n) is 15.1. The number of carbonyl (C=O) groups is 2. The third-order valence-corrected chi connectivity index (χ3v) is 3.67. The van der Waals surface area contributed by atoms with Crippen molar-refractivity contribution in [2.24, 2.45) is 5.41 Å². The molecule has 0 fully saturated rings. The molecule has 0 saturated carbocycles. The zero-order chi connectivity index (χ0) is 21.8. The third-order valence-electron chi connectivity index (χ3n) is 3.67. The van der Waals surface area contributed by atoms with Crippen LogP contribution in [0.3, 0.4) is 0 Å². The standard InChI is InChI=1S/C17H18F6O5/c1-4-15(2,3)14(25)27-11-7-5-10(6-8-11)26-9-12(24)28-13(16(18,19)20)17(21,22)23/h5-8,13H,4,9H2,1-3H3. The number of rotatable bonds is 7. The van der Waals surface area contributed by atoms with Crippen molar-refractivity contribution in [1.29, 1.82) is 0 Å². The van der Waals surface area contributed by atoms with Crippen molar-refractivity contribution in [2.45, 2.75) is 45.6 Å². The summed E-state index contributed by atoms with van der Waals surface area (Å²) < 4.78 is 87.3. The molecule has 0 amide bonds. The van der Waals surface area contributed by atoms with Gasteiger partial charge in [0.1, 0.15) is 11.5 Å². The fraction of sp³-hybridized carbons (Fsp3) is 0.529. The molecule has 0 bridgehead atoms. The van der Waals surface area contributed by atoms with Crippen LogP contribution in [0.15, 0.2) is 24.3 Å². The van der Waals surface area contributed by atoms with Gasteiger partial charge in [-0.3, -0.25) is 4.79 Å². The van der Waals surface area contributed by atoms with E-state index in [0.29, 0.717) is 6.42 Å². The summed E-state index contributed by atoms with van der Waals surface area (Å²) in [5.41, 5.74) is -0.716. The Morgan fingerprint density at radius 2 is 1.39 bits per heavy atom. The van der Waals surface area contributed by atoms with E-state index in [0.717, 1.165) is 0 Å². The second kappa shape index (κ2) is 8.70. The van der Waals surface area contributed by atoms with E-state index >= 15 is 0 Å². The maximum absolute atomic E-state index is 12.3. The summed E-state index contributed by atoms with van der Waals surface area (Å²) in [5, 5.41) is 0. The van der Waals surface area contributed by atoms with Crippen LogP contribution in [0, 0.1) is 5.41 Å². The lowest BCUT2D eigenvalue weighted by Gasteiger charge is -2.22. The Labute approximate surface area is 156 Å². The molecule has 0 unspecified atom stereocenters. The Morgan fingerprint density at radius 3 is 1.82 bits per heavy atom.